The van der Waals surface area contributed by atoms with Gasteiger partial charge in [-0.05, 0) is 55.8 Å². The number of hydrogen-bond donors (Lipinski definition) is 0. The van der Waals surface area contributed by atoms with Gasteiger partial charge in [0.1, 0.15) is 5.75 Å². The van der Waals surface area contributed by atoms with Crippen molar-refractivity contribution in [2.45, 2.75) is 13.8 Å². The lowest BCUT2D eigenvalue weighted by Crippen LogP contribution is -2.08. The topological polar surface area (TPSA) is 108 Å². The molecule has 3 aromatic carbocycles. The van der Waals surface area contributed by atoms with Crippen LogP contribution in [0.15, 0.2) is 77.4 Å². The van der Waals surface area contributed by atoms with E-state index >= 15 is 0 Å². The third-order valence-electron chi connectivity index (χ3n) is 4.95. The lowest BCUT2D eigenvalue weighted by Gasteiger charge is -2.05. The summed E-state index contributed by atoms with van der Waals surface area (Å²) in [6, 6.07) is 18.1. The molecule has 0 bridgehead atoms. The van der Waals surface area contributed by atoms with Crippen LogP contribution in [-0.4, -0.2) is 22.8 Å². The summed E-state index contributed by atoms with van der Waals surface area (Å²) in [4.78, 5) is 39.3. The lowest BCUT2D eigenvalue weighted by molar-refractivity contribution is -0.385. The van der Waals surface area contributed by atoms with E-state index in [0.29, 0.717) is 28.0 Å². The standard InChI is InChI=1S/C25H18N2O6/c1-15-3-8-18(9-4-15)24(28)32-20-11-6-17(7-12-20)13-21-25(29)33-23(26-21)19-10-5-16(2)22(14-19)27(30)31/h3-14H,1-2H3/b21-13-. The van der Waals surface area contributed by atoms with Crippen LogP contribution in [0.2, 0.25) is 0 Å². The highest BCUT2D eigenvalue weighted by Gasteiger charge is 2.25. The molecule has 0 aromatic heterocycles. The average Bonchev–Trinajstić information content (AvgIpc) is 3.15. The summed E-state index contributed by atoms with van der Waals surface area (Å²) >= 11 is 0. The quantitative estimate of drug-likeness (QED) is 0.185. The van der Waals surface area contributed by atoms with Crippen molar-refractivity contribution in [2.24, 2.45) is 4.99 Å². The van der Waals surface area contributed by atoms with Gasteiger partial charge in [0.15, 0.2) is 5.70 Å². The Morgan fingerprint density at radius 1 is 1.03 bits per heavy atom. The molecule has 3 aromatic rings. The largest absolute Gasteiger partial charge is 0.423 e. The number of nitro benzene ring substituents is 1. The summed E-state index contributed by atoms with van der Waals surface area (Å²) in [5.74, 6) is -0.782. The highest BCUT2D eigenvalue weighted by atomic mass is 16.6. The number of carbonyl (C=O) groups excluding carboxylic acids is 2. The second-order valence-electron chi connectivity index (χ2n) is 7.42. The zero-order valence-corrected chi connectivity index (χ0v) is 17.8. The van der Waals surface area contributed by atoms with Crippen molar-refractivity contribution in [1.82, 2.24) is 0 Å². The first-order valence-electron chi connectivity index (χ1n) is 9.97. The number of cyclic esters (lactones) is 1. The number of aliphatic imine (C=N–C) groups is 1. The fraction of sp³-hybridized carbons (Fsp3) is 0.0800. The van der Waals surface area contributed by atoms with E-state index in [2.05, 4.69) is 4.99 Å². The van der Waals surface area contributed by atoms with Gasteiger partial charge < -0.3 is 9.47 Å². The molecule has 4 rings (SSSR count). The molecule has 8 heteroatoms. The summed E-state index contributed by atoms with van der Waals surface area (Å²) in [5.41, 5.74) is 2.92. The Morgan fingerprint density at radius 3 is 2.39 bits per heavy atom. The molecular weight excluding hydrogens is 424 g/mol. The van der Waals surface area contributed by atoms with Crippen LogP contribution in [0.3, 0.4) is 0 Å². The monoisotopic (exact) mass is 442 g/mol. The van der Waals surface area contributed by atoms with Crippen molar-refractivity contribution in [1.29, 1.82) is 0 Å². The Labute approximate surface area is 189 Å². The first-order valence-corrected chi connectivity index (χ1v) is 9.97. The number of aryl methyl sites for hydroxylation is 2. The molecule has 0 saturated heterocycles. The SMILES string of the molecule is Cc1ccc(C(=O)Oc2ccc(/C=C3\N=C(c4ccc(C)c([N+](=O)[O-])c4)OC3=O)cc2)cc1. The molecule has 1 heterocycles. The summed E-state index contributed by atoms with van der Waals surface area (Å²) in [6.45, 7) is 3.55. The fourth-order valence-electron chi connectivity index (χ4n) is 3.12. The molecule has 164 valence electrons. The number of benzene rings is 3. The third kappa shape index (κ3) is 4.85. The van der Waals surface area contributed by atoms with Crippen molar-refractivity contribution in [3.8, 4) is 5.75 Å². The van der Waals surface area contributed by atoms with Gasteiger partial charge >= 0.3 is 11.9 Å². The minimum atomic E-state index is -0.664. The van der Waals surface area contributed by atoms with Gasteiger partial charge in [-0.15, -0.1) is 0 Å². The summed E-state index contributed by atoms with van der Waals surface area (Å²) in [6.07, 6.45) is 1.52. The Hall–Kier alpha value is -4.59. The molecule has 8 nitrogen and oxygen atoms in total. The minimum Gasteiger partial charge on any atom is -0.423 e. The molecule has 0 radical (unpaired) electrons. The van der Waals surface area contributed by atoms with Crippen LogP contribution in [-0.2, 0) is 9.53 Å². The van der Waals surface area contributed by atoms with E-state index in [1.165, 1.54) is 12.1 Å². The van der Waals surface area contributed by atoms with E-state index in [-0.39, 0.29) is 17.3 Å². The number of hydrogen-bond acceptors (Lipinski definition) is 7. The normalized spacial score (nSPS) is 14.1. The molecule has 0 saturated carbocycles. The maximum absolute atomic E-state index is 12.2. The smallest absolute Gasteiger partial charge is 0.363 e. The van der Waals surface area contributed by atoms with Crippen LogP contribution in [0, 0.1) is 24.0 Å². The first kappa shape index (κ1) is 21.6. The van der Waals surface area contributed by atoms with Crippen LogP contribution in [0.25, 0.3) is 6.08 Å². The molecular formula is C25H18N2O6. The van der Waals surface area contributed by atoms with E-state index in [1.54, 1.807) is 55.5 Å². The zero-order chi connectivity index (χ0) is 23.5. The maximum atomic E-state index is 12.2. The Bertz CT molecular complexity index is 1320. The number of carbonyl (C=O) groups is 2. The van der Waals surface area contributed by atoms with Crippen molar-refractivity contribution in [3.05, 3.63) is 110 Å². The van der Waals surface area contributed by atoms with Crippen molar-refractivity contribution >= 4 is 29.6 Å². The maximum Gasteiger partial charge on any atom is 0.363 e. The second kappa shape index (κ2) is 8.88. The summed E-state index contributed by atoms with van der Waals surface area (Å²) in [5, 5.41) is 11.2. The van der Waals surface area contributed by atoms with Gasteiger partial charge in [-0.25, -0.2) is 14.6 Å². The second-order valence-corrected chi connectivity index (χ2v) is 7.42. The van der Waals surface area contributed by atoms with Crippen LogP contribution in [0.5, 0.6) is 5.75 Å². The van der Waals surface area contributed by atoms with Crippen LogP contribution >= 0.6 is 0 Å². The number of esters is 2. The fourth-order valence-corrected chi connectivity index (χ4v) is 3.12. The van der Waals surface area contributed by atoms with Gasteiger partial charge in [0, 0.05) is 17.2 Å². The summed E-state index contributed by atoms with van der Waals surface area (Å²) < 4.78 is 10.6. The van der Waals surface area contributed by atoms with Crippen LogP contribution in [0.1, 0.15) is 32.6 Å². The van der Waals surface area contributed by atoms with Crippen LogP contribution in [0.4, 0.5) is 5.69 Å². The molecule has 0 N–H and O–H groups in total. The Kier molecular flexibility index (Phi) is 5.82. The average molecular weight is 442 g/mol. The van der Waals surface area contributed by atoms with Crippen molar-refractivity contribution < 1.29 is 24.0 Å². The predicted octanol–water partition coefficient (Wildman–Crippen LogP) is 4.78. The molecule has 1 aliphatic rings. The molecule has 0 atom stereocenters. The molecule has 1 aliphatic heterocycles. The minimum absolute atomic E-state index is 0.00185. The predicted molar refractivity (Wildman–Crippen MR) is 121 cm³/mol. The lowest BCUT2D eigenvalue weighted by atomic mass is 10.1. The van der Waals surface area contributed by atoms with Crippen molar-refractivity contribution in [3.63, 3.8) is 0 Å². The number of nitrogens with zero attached hydrogens (tertiary/aromatic N) is 2. The zero-order valence-electron chi connectivity index (χ0n) is 17.8. The van der Waals surface area contributed by atoms with Crippen molar-refractivity contribution in [2.75, 3.05) is 0 Å². The van der Waals surface area contributed by atoms with E-state index in [1.807, 2.05) is 19.1 Å². The van der Waals surface area contributed by atoms with Gasteiger partial charge in [-0.3, -0.25) is 10.1 Å². The highest BCUT2D eigenvalue weighted by Crippen LogP contribution is 2.24. The Morgan fingerprint density at radius 2 is 1.73 bits per heavy atom. The molecule has 0 amide bonds. The highest BCUT2D eigenvalue weighted by molar-refractivity contribution is 6.13. The summed E-state index contributed by atoms with van der Waals surface area (Å²) in [7, 11) is 0. The molecule has 33 heavy (non-hydrogen) atoms. The first-order chi connectivity index (χ1) is 15.8. The molecule has 0 unspecified atom stereocenters. The van der Waals surface area contributed by atoms with Gasteiger partial charge in [-0.2, -0.15) is 0 Å². The number of nitro groups is 1. The van der Waals surface area contributed by atoms with Gasteiger partial charge in [0.2, 0.25) is 5.90 Å². The van der Waals surface area contributed by atoms with Crippen LogP contribution < -0.4 is 4.74 Å². The van der Waals surface area contributed by atoms with Gasteiger partial charge in [0.25, 0.3) is 5.69 Å². The Balaban J connectivity index is 1.50. The van der Waals surface area contributed by atoms with E-state index < -0.39 is 16.9 Å². The number of rotatable bonds is 5. The molecule has 0 spiro atoms. The van der Waals surface area contributed by atoms with E-state index in [0.717, 1.165) is 5.56 Å². The number of ether oxygens (including phenoxy) is 2. The molecule has 0 aliphatic carbocycles. The van der Waals surface area contributed by atoms with Gasteiger partial charge in [-0.1, -0.05) is 35.9 Å². The van der Waals surface area contributed by atoms with E-state index in [4.69, 9.17) is 9.47 Å². The third-order valence-corrected chi connectivity index (χ3v) is 4.95. The van der Waals surface area contributed by atoms with E-state index in [9.17, 15) is 19.7 Å². The van der Waals surface area contributed by atoms with Gasteiger partial charge in [0.05, 0.1) is 10.5 Å². The molecule has 0 fully saturated rings.